The average molecular weight is 712 g/mol. The van der Waals surface area contributed by atoms with Gasteiger partial charge in [-0.05, 0) is 55.3 Å². The summed E-state index contributed by atoms with van der Waals surface area (Å²) in [6.45, 7) is 3.57. The van der Waals surface area contributed by atoms with Gasteiger partial charge in [-0.3, -0.25) is 19.2 Å². The zero-order valence-corrected chi connectivity index (χ0v) is 27.0. The summed E-state index contributed by atoms with van der Waals surface area (Å²) < 4.78 is 3.56. The van der Waals surface area contributed by atoms with Crippen molar-refractivity contribution in [1.82, 2.24) is 0 Å². The van der Waals surface area contributed by atoms with Crippen LogP contribution < -0.4 is 14.5 Å². The van der Waals surface area contributed by atoms with Crippen LogP contribution in [0.15, 0.2) is 46.5 Å². The van der Waals surface area contributed by atoms with Gasteiger partial charge in [0.25, 0.3) is 0 Å². The molecule has 2 heterocycles. The van der Waals surface area contributed by atoms with Crippen LogP contribution in [0.5, 0.6) is 5.75 Å². The molecule has 0 radical (unpaired) electrons. The van der Waals surface area contributed by atoms with E-state index in [2.05, 4.69) is 0 Å². The molecule has 4 aliphatic rings. The molecule has 2 aromatic carbocycles. The number of carbonyl (C=O) groups is 4. The summed E-state index contributed by atoms with van der Waals surface area (Å²) in [5, 5.41) is 0.162. The third-order valence-electron chi connectivity index (χ3n) is 8.52. The second kappa shape index (κ2) is 9.90. The van der Waals surface area contributed by atoms with Gasteiger partial charge >= 0.3 is 5.97 Å². The van der Waals surface area contributed by atoms with Gasteiger partial charge in [-0.2, -0.15) is 0 Å². The summed E-state index contributed by atoms with van der Waals surface area (Å²) >= 11 is 45.6. The zero-order chi connectivity index (χ0) is 30.7. The maximum Gasteiger partial charge on any atom is 0.316 e. The van der Waals surface area contributed by atoms with Gasteiger partial charge in [0, 0.05) is 23.7 Å². The number of benzene rings is 2. The monoisotopic (exact) mass is 708 g/mol. The Morgan fingerprint density at radius 1 is 0.881 bits per heavy atom. The molecule has 3 amide bonds. The second-order valence-electron chi connectivity index (χ2n) is 10.8. The Morgan fingerprint density at radius 3 is 2.05 bits per heavy atom. The number of aryl methyl sites for hydroxylation is 1. The van der Waals surface area contributed by atoms with Crippen molar-refractivity contribution in [3.8, 4) is 5.75 Å². The van der Waals surface area contributed by atoms with E-state index >= 15 is 0 Å². The number of hydrogen-bond acceptors (Lipinski definition) is 5. The zero-order valence-electron chi connectivity index (χ0n) is 21.7. The maximum atomic E-state index is 13.7. The number of nitrogens with zero attached hydrogens (tertiary/aromatic N) is 2. The third-order valence-corrected chi connectivity index (χ3v) is 13.2. The number of carbonyl (C=O) groups excluding carboxylic acids is 4. The molecule has 0 aromatic heterocycles. The number of rotatable bonds is 4. The number of alkyl halides is 4. The van der Waals surface area contributed by atoms with Crippen molar-refractivity contribution < 1.29 is 23.9 Å². The number of hydrogen-bond donors (Lipinski definition) is 0. The van der Waals surface area contributed by atoms with Gasteiger partial charge in [0.05, 0.1) is 33.5 Å². The van der Waals surface area contributed by atoms with Gasteiger partial charge in [0.1, 0.15) is 15.5 Å². The highest BCUT2D eigenvalue weighted by molar-refractivity contribution is 6.67. The van der Waals surface area contributed by atoms with Crippen LogP contribution >= 0.6 is 81.2 Å². The number of esters is 1. The first-order chi connectivity index (χ1) is 19.6. The van der Waals surface area contributed by atoms with Crippen LogP contribution in [0.25, 0.3) is 0 Å². The quantitative estimate of drug-likeness (QED) is 0.150. The molecule has 3 fully saturated rings. The predicted octanol–water partition coefficient (Wildman–Crippen LogP) is 6.87. The van der Waals surface area contributed by atoms with E-state index in [1.807, 2.05) is 0 Å². The largest absolute Gasteiger partial charge is 0.426 e. The van der Waals surface area contributed by atoms with E-state index in [4.69, 9.17) is 85.9 Å². The van der Waals surface area contributed by atoms with E-state index in [0.717, 1.165) is 10.5 Å². The number of fused-ring (bicyclic) bond motifs is 5. The first kappa shape index (κ1) is 30.3. The van der Waals surface area contributed by atoms with Crippen molar-refractivity contribution >= 4 is 116 Å². The first-order valence-electron chi connectivity index (χ1n) is 12.7. The molecule has 2 aromatic rings. The van der Waals surface area contributed by atoms with Crippen LogP contribution in [0.2, 0.25) is 5.02 Å². The highest BCUT2D eigenvalue weighted by Crippen LogP contribution is 2.77. The highest BCUT2D eigenvalue weighted by atomic mass is 35.5. The Labute approximate surface area is 275 Å². The van der Waals surface area contributed by atoms with Crippen molar-refractivity contribution in [3.63, 3.8) is 0 Å². The third kappa shape index (κ3) is 3.74. The normalized spacial score (nSPS) is 31.5. The molecule has 2 aliphatic heterocycles. The molecule has 1 saturated carbocycles. The molecule has 0 spiro atoms. The Hall–Kier alpha value is -1.71. The van der Waals surface area contributed by atoms with Gasteiger partial charge in [-0.15, -0.1) is 23.2 Å². The van der Waals surface area contributed by atoms with Crippen LogP contribution in [0.3, 0.4) is 0 Å². The van der Waals surface area contributed by atoms with Crippen molar-refractivity contribution in [2.45, 2.75) is 34.3 Å². The van der Waals surface area contributed by atoms with Gasteiger partial charge in [-0.25, -0.2) is 4.90 Å². The fraction of sp³-hybridized carbons (Fsp3) is 0.357. The van der Waals surface area contributed by atoms with E-state index in [9.17, 15) is 19.2 Å². The fourth-order valence-corrected chi connectivity index (χ4v) is 9.46. The number of imide groups is 1. The van der Waals surface area contributed by atoms with Gasteiger partial charge in [-0.1, -0.05) is 64.1 Å². The Kier molecular flexibility index (Phi) is 7.15. The Balaban J connectivity index is 1.22. The summed E-state index contributed by atoms with van der Waals surface area (Å²) in [5.74, 6) is -5.27. The molecule has 0 N–H and O–H groups in total. The molecular weight excluding hydrogens is 692 g/mol. The van der Waals surface area contributed by atoms with Crippen molar-refractivity contribution in [2.24, 2.45) is 17.8 Å². The number of amides is 3. The molecule has 2 bridgehead atoms. The van der Waals surface area contributed by atoms with Gasteiger partial charge in [0.15, 0.2) is 4.33 Å². The fourth-order valence-electron chi connectivity index (χ4n) is 6.36. The summed E-state index contributed by atoms with van der Waals surface area (Å²) in [7, 11) is 0. The average Bonchev–Trinajstić information content (AvgIpc) is 3.51. The second-order valence-corrected chi connectivity index (χ2v) is 14.4. The summed E-state index contributed by atoms with van der Waals surface area (Å²) in [6, 6.07) is 9.65. The molecular formula is C28H19Cl7N2O5. The van der Waals surface area contributed by atoms with E-state index in [1.54, 1.807) is 32.0 Å². The Bertz CT molecular complexity index is 1610. The smallest absolute Gasteiger partial charge is 0.316 e. The van der Waals surface area contributed by atoms with Crippen molar-refractivity contribution in [2.75, 3.05) is 16.3 Å². The molecule has 2 aliphatic carbocycles. The van der Waals surface area contributed by atoms with E-state index in [0.29, 0.717) is 16.3 Å². The lowest BCUT2D eigenvalue weighted by atomic mass is 9.84. The van der Waals surface area contributed by atoms with Crippen molar-refractivity contribution in [3.05, 3.63) is 62.6 Å². The number of anilines is 2. The topological polar surface area (TPSA) is 84.0 Å². The lowest BCUT2D eigenvalue weighted by molar-refractivity contribution is -0.139. The van der Waals surface area contributed by atoms with Crippen LogP contribution in [0, 0.1) is 31.6 Å². The number of ether oxygens (including phenoxy) is 1. The lowest BCUT2D eigenvalue weighted by Crippen LogP contribution is -2.50. The number of allylic oxidation sites excluding steroid dienone is 2. The standard InChI is InChI=1S/C28H19Cl7N2O5/c1-11-8-14(42-25(41)13-9-18(38)36(10-13)17-5-3-4-15(29)12(17)2)6-7-16(11)37-23(39)19-20(24(37)40)27(33)22(31)21(30)26(19,32)28(27,34)35/h3-8,13,19-20H,9-10H2,1-2H3/t13-,19-,20+,26-,27-/m1/s1. The minimum Gasteiger partial charge on any atom is -0.426 e. The lowest BCUT2D eigenvalue weighted by Gasteiger charge is -2.34. The number of halogens is 7. The van der Waals surface area contributed by atoms with Crippen LogP contribution in [0.4, 0.5) is 11.4 Å². The molecule has 220 valence electrons. The predicted molar refractivity (Wildman–Crippen MR) is 163 cm³/mol. The molecule has 6 rings (SSSR count). The highest BCUT2D eigenvalue weighted by Gasteiger charge is 2.87. The summed E-state index contributed by atoms with van der Waals surface area (Å²) in [5.41, 5.74) is 2.03. The van der Waals surface area contributed by atoms with Gasteiger partial charge in [0.2, 0.25) is 17.7 Å². The molecule has 5 atom stereocenters. The first-order valence-corrected chi connectivity index (χ1v) is 15.3. The van der Waals surface area contributed by atoms with Crippen LogP contribution in [0.1, 0.15) is 17.5 Å². The minimum atomic E-state index is -2.03. The van der Waals surface area contributed by atoms with Crippen LogP contribution in [-0.4, -0.2) is 44.3 Å². The molecule has 2 saturated heterocycles. The molecule has 7 nitrogen and oxygen atoms in total. The Morgan fingerprint density at radius 2 is 1.48 bits per heavy atom. The van der Waals surface area contributed by atoms with E-state index in [-0.39, 0.29) is 40.4 Å². The van der Waals surface area contributed by atoms with Crippen molar-refractivity contribution in [1.29, 1.82) is 0 Å². The SMILES string of the molecule is Cc1cc(OC(=O)[C@@H]2CC(=O)N(c3cccc(Cl)c3C)C2)ccc1N1C(=O)[C@@H]2[C@H](C1=O)[C@@]1(Cl)C(Cl)=C(Cl)[C@@]2(Cl)C1(Cl)Cl. The molecule has 42 heavy (non-hydrogen) atoms. The molecule has 14 heteroatoms. The van der Waals surface area contributed by atoms with Gasteiger partial charge < -0.3 is 9.64 Å². The van der Waals surface area contributed by atoms with Crippen LogP contribution in [-0.2, 0) is 19.2 Å². The minimum absolute atomic E-state index is 0.0243. The molecule has 0 unspecified atom stereocenters. The maximum absolute atomic E-state index is 13.7. The van der Waals surface area contributed by atoms with E-state index < -0.39 is 49.6 Å². The summed E-state index contributed by atoms with van der Waals surface area (Å²) in [4.78, 5) is 51.7. The summed E-state index contributed by atoms with van der Waals surface area (Å²) in [6.07, 6.45) is -0.0243. The van der Waals surface area contributed by atoms with E-state index in [1.165, 1.54) is 23.1 Å².